The third kappa shape index (κ3) is 3.48. The maximum atomic E-state index is 11.9. The average molecular weight is 333 g/mol. The fourth-order valence-corrected chi connectivity index (χ4v) is 3.36. The van der Waals surface area contributed by atoms with Crippen LogP contribution in [0.4, 0.5) is 5.82 Å². The molecule has 0 aliphatic heterocycles. The Morgan fingerprint density at radius 2 is 1.80 bits per heavy atom. The molecule has 0 radical (unpaired) electrons. The van der Waals surface area contributed by atoms with Gasteiger partial charge in [-0.3, -0.25) is 4.79 Å². The lowest BCUT2D eigenvalue weighted by Gasteiger charge is -2.16. The van der Waals surface area contributed by atoms with Gasteiger partial charge in [0.25, 0.3) is 0 Å². The number of nitrogens with zero attached hydrogens (tertiary/aromatic N) is 2. The van der Waals surface area contributed by atoms with Gasteiger partial charge >= 0.3 is 0 Å². The maximum absolute atomic E-state index is 11.9. The first-order chi connectivity index (χ1) is 12.0. The van der Waals surface area contributed by atoms with Crippen molar-refractivity contribution >= 4 is 11.6 Å². The summed E-state index contributed by atoms with van der Waals surface area (Å²) in [6.07, 6.45) is 1.94. The van der Waals surface area contributed by atoms with E-state index in [0.29, 0.717) is 6.54 Å². The number of carbonyl (C=O) groups excluding carboxylic acids is 1. The molecule has 3 rings (SSSR count). The Kier molecular flexibility index (Phi) is 4.70. The number of rotatable bonds is 5. The van der Waals surface area contributed by atoms with Gasteiger partial charge < -0.3 is 5.32 Å². The van der Waals surface area contributed by atoms with E-state index in [-0.39, 0.29) is 5.78 Å². The third-order valence-corrected chi connectivity index (χ3v) is 4.54. The van der Waals surface area contributed by atoms with Crippen molar-refractivity contribution in [2.75, 3.05) is 5.32 Å². The molecule has 0 aliphatic carbocycles. The number of nitrogens with one attached hydrogen (secondary N) is 1. The maximum Gasteiger partial charge on any atom is 0.160 e. The number of para-hydroxylation sites is 1. The molecule has 4 nitrogen and oxygen atoms in total. The van der Waals surface area contributed by atoms with Gasteiger partial charge in [-0.2, -0.15) is 5.10 Å². The molecule has 1 heterocycles. The molecule has 0 aliphatic rings. The van der Waals surface area contributed by atoms with Gasteiger partial charge in [0.15, 0.2) is 5.78 Å². The fraction of sp³-hybridized carbons (Fsp3) is 0.238. The van der Waals surface area contributed by atoms with Crippen molar-refractivity contribution in [3.05, 3.63) is 76.5 Å². The number of anilines is 1. The Bertz CT molecular complexity index is 910. The molecule has 25 heavy (non-hydrogen) atoms. The predicted molar refractivity (Wildman–Crippen MR) is 102 cm³/mol. The smallest absolute Gasteiger partial charge is 0.160 e. The van der Waals surface area contributed by atoms with Gasteiger partial charge in [0.05, 0.1) is 5.69 Å². The molecule has 0 bridgehead atoms. The highest BCUT2D eigenvalue weighted by atomic mass is 16.1. The molecule has 0 atom stereocenters. The minimum Gasteiger partial charge on any atom is -0.364 e. The normalized spacial score (nSPS) is 10.7. The van der Waals surface area contributed by atoms with Crippen molar-refractivity contribution in [1.29, 1.82) is 0 Å². The largest absolute Gasteiger partial charge is 0.364 e. The number of benzene rings is 2. The topological polar surface area (TPSA) is 46.9 Å². The first kappa shape index (κ1) is 17.0. The predicted octanol–water partition coefficient (Wildman–Crippen LogP) is 4.61. The molecule has 4 heteroatoms. The average Bonchev–Trinajstić information content (AvgIpc) is 3.03. The van der Waals surface area contributed by atoms with E-state index in [1.807, 2.05) is 61.1 Å². The molecule has 0 amide bonds. The summed E-state index contributed by atoms with van der Waals surface area (Å²) in [4.78, 5) is 11.9. The van der Waals surface area contributed by atoms with E-state index >= 15 is 0 Å². The van der Waals surface area contributed by atoms with Gasteiger partial charge in [-0.05, 0) is 62.1 Å². The molecule has 128 valence electrons. The van der Waals surface area contributed by atoms with Crippen molar-refractivity contribution in [3.63, 3.8) is 0 Å². The third-order valence-electron chi connectivity index (χ3n) is 4.54. The first-order valence-electron chi connectivity index (χ1n) is 8.43. The number of ketones is 1. The van der Waals surface area contributed by atoms with Crippen molar-refractivity contribution in [2.45, 2.75) is 34.2 Å². The van der Waals surface area contributed by atoms with Crippen molar-refractivity contribution < 1.29 is 4.79 Å². The zero-order valence-electron chi connectivity index (χ0n) is 15.1. The number of carbonyl (C=O) groups is 1. The highest BCUT2D eigenvalue weighted by Crippen LogP contribution is 2.24. The number of Topliss-reactive ketones (excluding diaryl/α,β-unsaturated/α-hetero) is 1. The zero-order valence-corrected chi connectivity index (χ0v) is 15.1. The van der Waals surface area contributed by atoms with Crippen LogP contribution >= 0.6 is 0 Å². The highest BCUT2D eigenvalue weighted by Gasteiger charge is 2.14. The van der Waals surface area contributed by atoms with Crippen LogP contribution in [0, 0.1) is 20.8 Å². The van der Waals surface area contributed by atoms with E-state index in [9.17, 15) is 4.79 Å². The van der Waals surface area contributed by atoms with Crippen LogP contribution in [0.2, 0.25) is 0 Å². The summed E-state index contributed by atoms with van der Waals surface area (Å²) in [5, 5.41) is 7.94. The lowest BCUT2D eigenvalue weighted by molar-refractivity contribution is 0.101. The van der Waals surface area contributed by atoms with Crippen LogP contribution in [0.1, 0.15) is 39.5 Å². The Balaban J connectivity index is 1.82. The summed E-state index contributed by atoms with van der Waals surface area (Å²) in [5.41, 5.74) is 6.30. The molecule has 0 fully saturated rings. The van der Waals surface area contributed by atoms with Gasteiger partial charge in [-0.1, -0.05) is 24.3 Å². The zero-order chi connectivity index (χ0) is 18.0. The standard InChI is InChI=1S/C21H23N3O/c1-14-12-15(2)21(17(4)25)16(3)19(14)13-22-20-10-11-24(23-20)18-8-6-5-7-9-18/h5-12H,13H2,1-4H3,(H,22,23). The summed E-state index contributed by atoms with van der Waals surface area (Å²) in [6.45, 7) is 8.38. The quantitative estimate of drug-likeness (QED) is 0.694. The summed E-state index contributed by atoms with van der Waals surface area (Å²) in [5.74, 6) is 0.928. The van der Waals surface area contributed by atoms with Gasteiger partial charge in [-0.25, -0.2) is 4.68 Å². The van der Waals surface area contributed by atoms with E-state index in [2.05, 4.69) is 23.4 Å². The molecule has 1 aromatic heterocycles. The molecule has 0 unspecified atom stereocenters. The summed E-state index contributed by atoms with van der Waals surface area (Å²) in [7, 11) is 0. The van der Waals surface area contributed by atoms with Crippen molar-refractivity contribution in [1.82, 2.24) is 9.78 Å². The summed E-state index contributed by atoms with van der Waals surface area (Å²) < 4.78 is 1.85. The molecule has 0 saturated heterocycles. The second kappa shape index (κ2) is 6.93. The second-order valence-electron chi connectivity index (χ2n) is 6.38. The minimum atomic E-state index is 0.115. The lowest BCUT2D eigenvalue weighted by atomic mass is 9.91. The Labute approximate surface area is 148 Å². The SMILES string of the molecule is CC(=O)c1c(C)cc(C)c(CNc2ccn(-c3ccccc3)n2)c1C. The molecule has 3 aromatic rings. The Morgan fingerprint density at radius 3 is 2.48 bits per heavy atom. The monoisotopic (exact) mass is 333 g/mol. The highest BCUT2D eigenvalue weighted by molar-refractivity contribution is 5.97. The van der Waals surface area contributed by atoms with E-state index < -0.39 is 0 Å². The Hall–Kier alpha value is -2.88. The molecule has 0 saturated carbocycles. The van der Waals surface area contributed by atoms with Gasteiger partial charge in [0, 0.05) is 24.4 Å². The van der Waals surface area contributed by atoms with E-state index in [1.165, 1.54) is 5.56 Å². The van der Waals surface area contributed by atoms with Crippen LogP contribution in [0.25, 0.3) is 5.69 Å². The lowest BCUT2D eigenvalue weighted by Crippen LogP contribution is -2.10. The molecule has 1 N–H and O–H groups in total. The van der Waals surface area contributed by atoms with Crippen LogP contribution in [0.5, 0.6) is 0 Å². The summed E-state index contributed by atoms with van der Waals surface area (Å²) in [6, 6.07) is 14.1. The van der Waals surface area contributed by atoms with Gasteiger partial charge in [0.2, 0.25) is 0 Å². The number of aromatic nitrogens is 2. The first-order valence-corrected chi connectivity index (χ1v) is 8.43. The van der Waals surface area contributed by atoms with Crippen LogP contribution in [0.15, 0.2) is 48.7 Å². The second-order valence-corrected chi connectivity index (χ2v) is 6.38. The molecule has 0 spiro atoms. The van der Waals surface area contributed by atoms with Crippen LogP contribution in [-0.4, -0.2) is 15.6 Å². The van der Waals surface area contributed by atoms with E-state index in [0.717, 1.165) is 33.8 Å². The van der Waals surface area contributed by atoms with Crippen molar-refractivity contribution in [2.24, 2.45) is 0 Å². The molecular formula is C21H23N3O. The Morgan fingerprint density at radius 1 is 1.08 bits per heavy atom. The molecule has 2 aromatic carbocycles. The minimum absolute atomic E-state index is 0.115. The van der Waals surface area contributed by atoms with Gasteiger partial charge in [-0.15, -0.1) is 0 Å². The molecular weight excluding hydrogens is 310 g/mol. The van der Waals surface area contributed by atoms with Crippen molar-refractivity contribution in [3.8, 4) is 5.69 Å². The summed E-state index contributed by atoms with van der Waals surface area (Å²) >= 11 is 0. The number of hydrogen-bond acceptors (Lipinski definition) is 3. The van der Waals surface area contributed by atoms with E-state index in [4.69, 9.17) is 0 Å². The van der Waals surface area contributed by atoms with Crippen LogP contribution in [-0.2, 0) is 6.54 Å². The van der Waals surface area contributed by atoms with Crippen LogP contribution < -0.4 is 5.32 Å². The number of hydrogen-bond donors (Lipinski definition) is 1. The fourth-order valence-electron chi connectivity index (χ4n) is 3.36. The van der Waals surface area contributed by atoms with E-state index in [1.54, 1.807) is 6.92 Å². The van der Waals surface area contributed by atoms with Crippen LogP contribution in [0.3, 0.4) is 0 Å². The number of aryl methyl sites for hydroxylation is 2. The van der Waals surface area contributed by atoms with Gasteiger partial charge in [0.1, 0.15) is 5.82 Å².